The van der Waals surface area contributed by atoms with Crippen LogP contribution in [0.15, 0.2) is 0 Å². The Morgan fingerprint density at radius 3 is 2.90 bits per heavy atom. The van der Waals surface area contributed by atoms with Gasteiger partial charge in [0, 0.05) is 0 Å². The lowest BCUT2D eigenvalue weighted by Crippen LogP contribution is -2.02. The largest absolute Gasteiger partial charge is 0.455 e. The summed E-state index contributed by atoms with van der Waals surface area (Å²) in [6.45, 7) is 0.414. The van der Waals surface area contributed by atoms with E-state index in [0.717, 1.165) is 12.3 Å². The molecular weight excluding hydrogens is 130 g/mol. The average Bonchev–Trinajstić information content (AvgIpc) is 2.71. The molecule has 0 unspecified atom stereocenters. The zero-order valence-corrected chi connectivity index (χ0v) is 5.67. The molecule has 0 radical (unpaired) electrons. The van der Waals surface area contributed by atoms with E-state index in [9.17, 15) is 4.79 Å². The maximum Gasteiger partial charge on any atom is 0.411 e. The normalized spacial score (nSPS) is 15.9. The van der Waals surface area contributed by atoms with Crippen molar-refractivity contribution in [2.75, 3.05) is 6.61 Å². The van der Waals surface area contributed by atoms with Gasteiger partial charge in [0.25, 0.3) is 0 Å². The molecule has 0 saturated heterocycles. The molecule has 1 rings (SSSR count). The topological polar surface area (TPSA) is 50.1 Å². The van der Waals surface area contributed by atoms with Gasteiger partial charge in [-0.05, 0) is 12.3 Å². The maximum absolute atomic E-state index is 10.2. The number of hydrogen-bond acceptors (Lipinski definition) is 3. The van der Waals surface area contributed by atoms with Gasteiger partial charge < -0.3 is 4.74 Å². The summed E-state index contributed by atoms with van der Waals surface area (Å²) in [6.07, 6.45) is 3.43. The van der Waals surface area contributed by atoms with Crippen molar-refractivity contribution in [3.05, 3.63) is 0 Å². The van der Waals surface area contributed by atoms with Crippen molar-refractivity contribution in [2.24, 2.45) is 5.92 Å². The van der Waals surface area contributed by atoms with Crippen LogP contribution in [0.2, 0.25) is 0 Å². The summed E-state index contributed by atoms with van der Waals surface area (Å²) in [5, 5.41) is 7.99. The number of carbonyl (C=O) groups is 1. The molecule has 0 aromatic heterocycles. The van der Waals surface area contributed by atoms with Crippen molar-refractivity contribution in [1.82, 2.24) is 0 Å². The quantitative estimate of drug-likeness (QED) is 0.430. The summed E-state index contributed by atoms with van der Waals surface area (Å²) in [6, 6.07) is 1.40. The van der Waals surface area contributed by atoms with Crippen LogP contribution in [0.5, 0.6) is 0 Å². The van der Waals surface area contributed by atoms with Crippen LogP contribution in [0.3, 0.4) is 0 Å². The molecule has 0 aliphatic heterocycles. The first kappa shape index (κ1) is 7.07. The van der Waals surface area contributed by atoms with Gasteiger partial charge in [-0.3, -0.25) is 0 Å². The monoisotopic (exact) mass is 139 g/mol. The number of nitrogens with zero attached hydrogens (tertiary/aromatic N) is 1. The van der Waals surface area contributed by atoms with E-state index in [2.05, 4.69) is 4.74 Å². The highest BCUT2D eigenvalue weighted by Crippen LogP contribution is 2.31. The lowest BCUT2D eigenvalue weighted by atomic mass is 10.3. The number of nitriles is 1. The van der Waals surface area contributed by atoms with E-state index in [1.165, 1.54) is 18.9 Å². The van der Waals surface area contributed by atoms with E-state index in [-0.39, 0.29) is 0 Å². The fourth-order valence-electron chi connectivity index (χ4n) is 0.757. The first-order valence-corrected chi connectivity index (χ1v) is 3.40. The molecule has 1 fully saturated rings. The Labute approximate surface area is 59.6 Å². The Kier molecular flexibility index (Phi) is 2.27. The molecule has 1 aliphatic carbocycles. The zero-order chi connectivity index (χ0) is 7.40. The molecule has 54 valence electrons. The fraction of sp³-hybridized carbons (Fsp3) is 0.714. The van der Waals surface area contributed by atoms with Gasteiger partial charge in [0.15, 0.2) is 6.07 Å². The fourth-order valence-corrected chi connectivity index (χ4v) is 0.757. The molecule has 0 atom stereocenters. The summed E-state index contributed by atoms with van der Waals surface area (Å²) in [5.74, 6) is -0.00728. The van der Waals surface area contributed by atoms with Gasteiger partial charge in [0.2, 0.25) is 0 Å². The molecule has 0 N–H and O–H groups in total. The first-order valence-electron chi connectivity index (χ1n) is 3.40. The van der Waals surface area contributed by atoms with E-state index >= 15 is 0 Å². The molecule has 3 heteroatoms. The highest BCUT2D eigenvalue weighted by molar-refractivity contribution is 5.85. The van der Waals surface area contributed by atoms with E-state index in [0.29, 0.717) is 6.61 Å². The summed E-state index contributed by atoms with van der Waals surface area (Å²) in [7, 11) is 0. The van der Waals surface area contributed by atoms with Gasteiger partial charge in [0.1, 0.15) is 0 Å². The Morgan fingerprint density at radius 1 is 1.70 bits per heavy atom. The van der Waals surface area contributed by atoms with E-state index in [1.54, 1.807) is 0 Å². The van der Waals surface area contributed by atoms with Crippen molar-refractivity contribution in [2.45, 2.75) is 19.3 Å². The molecule has 1 aliphatic rings. The van der Waals surface area contributed by atoms with Crippen LogP contribution in [-0.2, 0) is 9.53 Å². The minimum atomic E-state index is -0.763. The number of carbonyl (C=O) groups excluding carboxylic acids is 1. The Morgan fingerprint density at radius 2 is 2.40 bits per heavy atom. The van der Waals surface area contributed by atoms with Crippen LogP contribution in [-0.4, -0.2) is 12.6 Å². The molecular formula is C7H9NO2. The second kappa shape index (κ2) is 3.21. The van der Waals surface area contributed by atoms with Crippen LogP contribution in [0, 0.1) is 17.2 Å². The molecule has 0 aromatic rings. The standard InChI is InChI=1S/C7H9NO2/c8-5-7(9)10-4-3-6-1-2-6/h6H,1-4H2. The zero-order valence-electron chi connectivity index (χ0n) is 5.67. The summed E-state index contributed by atoms with van der Waals surface area (Å²) in [4.78, 5) is 10.2. The SMILES string of the molecule is N#CC(=O)OCCC1CC1. The Balaban J connectivity index is 1.94. The minimum Gasteiger partial charge on any atom is -0.455 e. The molecule has 0 amide bonds. The summed E-state index contributed by atoms with van der Waals surface area (Å²) in [5.41, 5.74) is 0. The van der Waals surface area contributed by atoms with Crippen LogP contribution in [0.4, 0.5) is 0 Å². The Hall–Kier alpha value is -1.04. The van der Waals surface area contributed by atoms with Crippen molar-refractivity contribution < 1.29 is 9.53 Å². The first-order chi connectivity index (χ1) is 4.83. The van der Waals surface area contributed by atoms with Gasteiger partial charge in [-0.1, -0.05) is 12.8 Å². The molecule has 0 aromatic carbocycles. The van der Waals surface area contributed by atoms with Gasteiger partial charge in [-0.2, -0.15) is 5.26 Å². The molecule has 3 nitrogen and oxygen atoms in total. The van der Waals surface area contributed by atoms with Gasteiger partial charge in [0.05, 0.1) is 6.61 Å². The van der Waals surface area contributed by atoms with Crippen LogP contribution >= 0.6 is 0 Å². The van der Waals surface area contributed by atoms with Gasteiger partial charge >= 0.3 is 5.97 Å². The Bertz CT molecular complexity index is 167. The van der Waals surface area contributed by atoms with Crippen molar-refractivity contribution in [1.29, 1.82) is 5.26 Å². The molecule has 10 heavy (non-hydrogen) atoms. The summed E-state index contributed by atoms with van der Waals surface area (Å²) < 4.78 is 4.54. The van der Waals surface area contributed by atoms with Gasteiger partial charge in [-0.15, -0.1) is 0 Å². The third-order valence-corrected chi connectivity index (χ3v) is 1.55. The number of esters is 1. The molecule has 1 saturated carbocycles. The molecule has 0 heterocycles. The number of rotatable bonds is 3. The van der Waals surface area contributed by atoms with Crippen molar-refractivity contribution in [3.63, 3.8) is 0 Å². The number of ether oxygens (including phenoxy) is 1. The van der Waals surface area contributed by atoms with Crippen LogP contribution in [0.25, 0.3) is 0 Å². The highest BCUT2D eigenvalue weighted by Gasteiger charge is 2.20. The lowest BCUT2D eigenvalue weighted by molar-refractivity contribution is -0.137. The lowest BCUT2D eigenvalue weighted by Gasteiger charge is -1.95. The third kappa shape index (κ3) is 2.49. The second-order valence-corrected chi connectivity index (χ2v) is 2.48. The van der Waals surface area contributed by atoms with Crippen molar-refractivity contribution in [3.8, 4) is 6.07 Å². The van der Waals surface area contributed by atoms with Crippen LogP contribution in [0.1, 0.15) is 19.3 Å². The van der Waals surface area contributed by atoms with E-state index in [1.807, 2.05) is 0 Å². The van der Waals surface area contributed by atoms with Crippen molar-refractivity contribution >= 4 is 5.97 Å². The smallest absolute Gasteiger partial charge is 0.411 e. The summed E-state index contributed by atoms with van der Waals surface area (Å²) >= 11 is 0. The minimum absolute atomic E-state index is 0.414. The van der Waals surface area contributed by atoms with Crippen LogP contribution < -0.4 is 0 Å². The average molecular weight is 139 g/mol. The third-order valence-electron chi connectivity index (χ3n) is 1.55. The number of hydrogen-bond donors (Lipinski definition) is 0. The maximum atomic E-state index is 10.2. The highest BCUT2D eigenvalue weighted by atomic mass is 16.5. The molecule has 0 bridgehead atoms. The predicted molar refractivity (Wildman–Crippen MR) is 33.9 cm³/mol. The van der Waals surface area contributed by atoms with E-state index < -0.39 is 5.97 Å². The van der Waals surface area contributed by atoms with Gasteiger partial charge in [-0.25, -0.2) is 4.79 Å². The predicted octanol–water partition coefficient (Wildman–Crippen LogP) is 0.853. The van der Waals surface area contributed by atoms with E-state index in [4.69, 9.17) is 5.26 Å². The second-order valence-electron chi connectivity index (χ2n) is 2.48. The molecule has 0 spiro atoms.